The van der Waals surface area contributed by atoms with Crippen molar-refractivity contribution in [3.05, 3.63) is 35.5 Å². The summed E-state index contributed by atoms with van der Waals surface area (Å²) in [6.45, 7) is 10.6. The van der Waals surface area contributed by atoms with Crippen molar-refractivity contribution >= 4 is 16.7 Å². The maximum absolute atomic E-state index is 5.71. The first-order chi connectivity index (χ1) is 17.1. The van der Waals surface area contributed by atoms with Gasteiger partial charge in [-0.25, -0.2) is 4.68 Å². The third kappa shape index (κ3) is 4.37. The molecule has 0 bridgehead atoms. The monoisotopic (exact) mass is 478 g/mol. The summed E-state index contributed by atoms with van der Waals surface area (Å²) in [4.78, 5) is 14.1. The molecule has 0 radical (unpaired) electrons. The molecule has 3 aromatic rings. The summed E-state index contributed by atoms with van der Waals surface area (Å²) < 4.78 is 18.5. The van der Waals surface area contributed by atoms with E-state index in [4.69, 9.17) is 19.3 Å². The van der Waals surface area contributed by atoms with Gasteiger partial charge in [0.05, 0.1) is 50.8 Å². The number of morpholine rings is 1. The number of hydrogen-bond acceptors (Lipinski definition) is 8. The van der Waals surface area contributed by atoms with Gasteiger partial charge in [0.15, 0.2) is 5.82 Å². The third-order valence-corrected chi connectivity index (χ3v) is 7.71. The van der Waals surface area contributed by atoms with Crippen LogP contribution in [0.3, 0.4) is 0 Å². The topological polar surface area (TPSA) is 77.8 Å². The maximum Gasteiger partial charge on any atom is 0.320 e. The van der Waals surface area contributed by atoms with E-state index in [1.165, 1.54) is 24.0 Å². The average molecular weight is 479 g/mol. The summed E-state index contributed by atoms with van der Waals surface area (Å²) in [6, 6.07) is 7.57. The van der Waals surface area contributed by atoms with Gasteiger partial charge in [-0.2, -0.15) is 15.1 Å². The zero-order valence-corrected chi connectivity index (χ0v) is 20.8. The molecule has 3 aliphatic heterocycles. The second-order valence-electron chi connectivity index (χ2n) is 10.0. The summed E-state index contributed by atoms with van der Waals surface area (Å²) in [5, 5.41) is 5.85. The molecule has 3 saturated heterocycles. The predicted molar refractivity (Wildman–Crippen MR) is 134 cm³/mol. The molecule has 3 fully saturated rings. The fraction of sp³-hybridized carbons (Fsp3) is 0.577. The van der Waals surface area contributed by atoms with Gasteiger partial charge >= 0.3 is 6.01 Å². The van der Waals surface area contributed by atoms with Crippen LogP contribution in [0.4, 0.5) is 5.82 Å². The average Bonchev–Trinajstić information content (AvgIpc) is 3.25. The molecule has 0 aliphatic carbocycles. The highest BCUT2D eigenvalue weighted by Gasteiger charge is 2.31. The first kappa shape index (κ1) is 22.7. The van der Waals surface area contributed by atoms with Crippen molar-refractivity contribution in [2.75, 3.05) is 58.0 Å². The molecule has 1 atom stereocenters. The predicted octanol–water partition coefficient (Wildman–Crippen LogP) is 2.94. The number of likely N-dealkylation sites (tertiary alicyclic amines) is 1. The van der Waals surface area contributed by atoms with E-state index in [-0.39, 0.29) is 6.10 Å². The highest BCUT2D eigenvalue weighted by atomic mass is 16.5. The molecule has 5 heterocycles. The number of rotatable bonds is 5. The van der Waals surface area contributed by atoms with Crippen molar-refractivity contribution in [2.45, 2.75) is 44.8 Å². The molecule has 0 amide bonds. The summed E-state index contributed by atoms with van der Waals surface area (Å²) in [6.07, 6.45) is 4.44. The van der Waals surface area contributed by atoms with Crippen molar-refractivity contribution in [1.82, 2.24) is 24.6 Å². The van der Waals surface area contributed by atoms with E-state index in [0.717, 1.165) is 61.9 Å². The van der Waals surface area contributed by atoms with Gasteiger partial charge in [-0.1, -0.05) is 0 Å². The van der Waals surface area contributed by atoms with E-state index in [1.807, 2.05) is 16.9 Å². The van der Waals surface area contributed by atoms with E-state index in [0.29, 0.717) is 24.6 Å². The second-order valence-corrected chi connectivity index (χ2v) is 10.0. The van der Waals surface area contributed by atoms with Gasteiger partial charge < -0.3 is 19.1 Å². The molecule has 1 aromatic carbocycles. The fourth-order valence-electron chi connectivity index (χ4n) is 5.63. The van der Waals surface area contributed by atoms with E-state index < -0.39 is 0 Å². The Morgan fingerprint density at radius 1 is 1.03 bits per heavy atom. The highest BCUT2D eigenvalue weighted by molar-refractivity contribution is 5.82. The van der Waals surface area contributed by atoms with Crippen molar-refractivity contribution in [3.63, 3.8) is 0 Å². The molecule has 0 spiro atoms. The lowest BCUT2D eigenvalue weighted by Gasteiger charge is -2.41. The number of aromatic nitrogens is 4. The summed E-state index contributed by atoms with van der Waals surface area (Å²) in [5.74, 6) is 2.12. The molecular weight excluding hydrogens is 444 g/mol. The molecule has 0 N–H and O–H groups in total. The minimum Gasteiger partial charge on any atom is -0.467 e. The van der Waals surface area contributed by atoms with Crippen LogP contribution in [-0.4, -0.2) is 89.9 Å². The standard InChI is InChI=1S/C26H34N6O3/c1-17-10-20-13-27-32(23(20)11-22(17)19-4-6-30(7-5-19)21-15-34-16-21)25-12-24(28-26(29-25)33-3)31-8-9-35-18(2)14-31/h10-13,18-19,21H,4-9,14-16H2,1-3H3. The number of methoxy groups -OCH3 is 1. The Morgan fingerprint density at radius 3 is 2.54 bits per heavy atom. The Kier molecular flexibility index (Phi) is 6.07. The lowest BCUT2D eigenvalue weighted by atomic mass is 9.85. The summed E-state index contributed by atoms with van der Waals surface area (Å²) >= 11 is 0. The van der Waals surface area contributed by atoms with Gasteiger partial charge in [0.2, 0.25) is 0 Å². The number of nitrogens with zero attached hydrogens (tertiary/aromatic N) is 6. The van der Waals surface area contributed by atoms with Crippen LogP contribution in [0.15, 0.2) is 24.4 Å². The van der Waals surface area contributed by atoms with Crippen molar-refractivity contribution in [1.29, 1.82) is 0 Å². The SMILES string of the molecule is COc1nc(N2CCOC(C)C2)cc(-n2ncc3cc(C)c(C4CCN(C5COC5)CC4)cc32)n1. The zero-order valence-electron chi connectivity index (χ0n) is 20.8. The Morgan fingerprint density at radius 2 is 1.83 bits per heavy atom. The molecule has 186 valence electrons. The van der Waals surface area contributed by atoms with Gasteiger partial charge in [-0.3, -0.25) is 4.90 Å². The summed E-state index contributed by atoms with van der Waals surface area (Å²) in [5.41, 5.74) is 3.83. The molecule has 0 saturated carbocycles. The van der Waals surface area contributed by atoms with Crippen molar-refractivity contribution < 1.29 is 14.2 Å². The molecular formula is C26H34N6O3. The van der Waals surface area contributed by atoms with Gasteiger partial charge in [0.25, 0.3) is 0 Å². The van der Waals surface area contributed by atoms with Crippen LogP contribution in [0.25, 0.3) is 16.7 Å². The van der Waals surface area contributed by atoms with Crippen LogP contribution >= 0.6 is 0 Å². The Hall–Kier alpha value is -2.75. The molecule has 3 aliphatic rings. The number of anilines is 1. The van der Waals surface area contributed by atoms with E-state index in [2.05, 4.69) is 45.7 Å². The van der Waals surface area contributed by atoms with Crippen LogP contribution in [0.5, 0.6) is 6.01 Å². The van der Waals surface area contributed by atoms with Crippen LogP contribution in [0, 0.1) is 6.92 Å². The lowest BCUT2D eigenvalue weighted by Crippen LogP contribution is -2.51. The highest BCUT2D eigenvalue weighted by Crippen LogP contribution is 2.34. The van der Waals surface area contributed by atoms with Gasteiger partial charge in [-0.05, 0) is 69.0 Å². The van der Waals surface area contributed by atoms with Crippen LogP contribution in [0.2, 0.25) is 0 Å². The number of aryl methyl sites for hydroxylation is 1. The number of benzene rings is 1. The largest absolute Gasteiger partial charge is 0.467 e. The molecule has 2 aromatic heterocycles. The maximum atomic E-state index is 5.71. The number of fused-ring (bicyclic) bond motifs is 1. The molecule has 35 heavy (non-hydrogen) atoms. The van der Waals surface area contributed by atoms with E-state index in [1.54, 1.807) is 7.11 Å². The van der Waals surface area contributed by atoms with Gasteiger partial charge in [0.1, 0.15) is 5.82 Å². The Bertz CT molecular complexity index is 1200. The molecule has 6 rings (SSSR count). The minimum absolute atomic E-state index is 0.160. The quantitative estimate of drug-likeness (QED) is 0.554. The first-order valence-corrected chi connectivity index (χ1v) is 12.7. The Labute approximate surface area is 206 Å². The summed E-state index contributed by atoms with van der Waals surface area (Å²) in [7, 11) is 1.61. The third-order valence-electron chi connectivity index (χ3n) is 7.71. The van der Waals surface area contributed by atoms with Gasteiger partial charge in [0, 0.05) is 24.5 Å². The number of ether oxygens (including phenoxy) is 3. The zero-order chi connectivity index (χ0) is 23.9. The Balaban J connectivity index is 1.32. The molecule has 9 nitrogen and oxygen atoms in total. The van der Waals surface area contributed by atoms with E-state index >= 15 is 0 Å². The van der Waals surface area contributed by atoms with E-state index in [9.17, 15) is 0 Å². The van der Waals surface area contributed by atoms with Crippen molar-refractivity contribution in [2.24, 2.45) is 0 Å². The van der Waals surface area contributed by atoms with Crippen LogP contribution in [0.1, 0.15) is 36.8 Å². The fourth-order valence-corrected chi connectivity index (χ4v) is 5.63. The number of hydrogen-bond donors (Lipinski definition) is 0. The smallest absolute Gasteiger partial charge is 0.320 e. The van der Waals surface area contributed by atoms with Crippen LogP contribution < -0.4 is 9.64 Å². The van der Waals surface area contributed by atoms with Crippen molar-refractivity contribution in [3.8, 4) is 11.8 Å². The molecule has 9 heteroatoms. The van der Waals surface area contributed by atoms with Crippen LogP contribution in [-0.2, 0) is 9.47 Å². The minimum atomic E-state index is 0.160. The lowest BCUT2D eigenvalue weighted by molar-refractivity contribution is -0.0712. The second kappa shape index (κ2) is 9.37. The number of piperidine rings is 1. The first-order valence-electron chi connectivity index (χ1n) is 12.7. The normalized spacial score (nSPS) is 22.5. The molecule has 1 unspecified atom stereocenters. The van der Waals surface area contributed by atoms with Gasteiger partial charge in [-0.15, -0.1) is 0 Å².